The molecular weight excluding hydrogens is 308 g/mol. The van der Waals surface area contributed by atoms with Crippen LogP contribution >= 0.6 is 0 Å². The van der Waals surface area contributed by atoms with E-state index in [9.17, 15) is 4.79 Å². The minimum Gasteiger partial charge on any atom is -0.482 e. The van der Waals surface area contributed by atoms with Crippen LogP contribution in [0.15, 0.2) is 42.6 Å². The molecule has 0 radical (unpaired) electrons. The van der Waals surface area contributed by atoms with E-state index < -0.39 is 6.10 Å². The number of fused-ring (bicyclic) bond motifs is 1. The number of hydrogen-bond donors (Lipinski definition) is 1. The SMILES string of the molecule is CCOc1ncccc1CNC(=O)[C@H]1Oc2ccccc2O[C@H]1C. The number of nitrogens with one attached hydrogen (secondary N) is 1. The van der Waals surface area contributed by atoms with Gasteiger partial charge >= 0.3 is 0 Å². The summed E-state index contributed by atoms with van der Waals surface area (Å²) in [4.78, 5) is 16.7. The van der Waals surface area contributed by atoms with Crippen LogP contribution in [-0.2, 0) is 11.3 Å². The van der Waals surface area contributed by atoms with E-state index in [2.05, 4.69) is 10.3 Å². The molecule has 6 heteroatoms. The Hall–Kier alpha value is -2.76. The van der Waals surface area contributed by atoms with Crippen LogP contribution in [0.4, 0.5) is 0 Å². The molecule has 1 amide bonds. The zero-order valence-electron chi connectivity index (χ0n) is 13.7. The van der Waals surface area contributed by atoms with Gasteiger partial charge in [0.05, 0.1) is 6.61 Å². The molecule has 1 N–H and O–H groups in total. The second-order valence-corrected chi connectivity index (χ2v) is 5.43. The third kappa shape index (κ3) is 3.42. The highest BCUT2D eigenvalue weighted by atomic mass is 16.6. The maximum absolute atomic E-state index is 12.5. The molecule has 2 heterocycles. The first-order valence-electron chi connectivity index (χ1n) is 7.95. The van der Waals surface area contributed by atoms with Crippen LogP contribution in [0.25, 0.3) is 0 Å². The number of hydrogen-bond acceptors (Lipinski definition) is 5. The van der Waals surface area contributed by atoms with Gasteiger partial charge in [0, 0.05) is 18.3 Å². The number of benzene rings is 1. The van der Waals surface area contributed by atoms with Crippen molar-refractivity contribution < 1.29 is 19.0 Å². The summed E-state index contributed by atoms with van der Waals surface area (Å²) < 4.78 is 17.0. The average molecular weight is 328 g/mol. The number of aromatic nitrogens is 1. The molecule has 2 aromatic rings. The van der Waals surface area contributed by atoms with Crippen molar-refractivity contribution in [2.45, 2.75) is 32.6 Å². The smallest absolute Gasteiger partial charge is 0.265 e. The maximum atomic E-state index is 12.5. The van der Waals surface area contributed by atoms with Crippen molar-refractivity contribution in [1.82, 2.24) is 10.3 Å². The summed E-state index contributed by atoms with van der Waals surface area (Å²) in [6.07, 6.45) is 0.584. The fraction of sp³-hybridized carbons (Fsp3) is 0.333. The Morgan fingerprint density at radius 2 is 1.96 bits per heavy atom. The van der Waals surface area contributed by atoms with Crippen LogP contribution in [0.2, 0.25) is 0 Å². The molecule has 126 valence electrons. The number of carbonyl (C=O) groups excluding carboxylic acids is 1. The van der Waals surface area contributed by atoms with Crippen molar-refractivity contribution in [2.24, 2.45) is 0 Å². The average Bonchev–Trinajstić information content (AvgIpc) is 2.60. The number of carbonyl (C=O) groups is 1. The summed E-state index contributed by atoms with van der Waals surface area (Å²) in [7, 11) is 0. The third-order valence-electron chi connectivity index (χ3n) is 3.68. The first kappa shape index (κ1) is 16.1. The van der Waals surface area contributed by atoms with Gasteiger partial charge in [-0.1, -0.05) is 18.2 Å². The van der Waals surface area contributed by atoms with E-state index in [1.807, 2.05) is 44.2 Å². The van der Waals surface area contributed by atoms with Gasteiger partial charge in [-0.25, -0.2) is 4.98 Å². The Morgan fingerprint density at radius 3 is 2.71 bits per heavy atom. The van der Waals surface area contributed by atoms with E-state index in [4.69, 9.17) is 14.2 Å². The number of rotatable bonds is 5. The summed E-state index contributed by atoms with van der Waals surface area (Å²) in [5.41, 5.74) is 0.817. The molecule has 3 rings (SSSR count). The number of nitrogens with zero attached hydrogens (tertiary/aromatic N) is 1. The fourth-order valence-electron chi connectivity index (χ4n) is 2.51. The van der Waals surface area contributed by atoms with Gasteiger partial charge in [0.2, 0.25) is 12.0 Å². The molecule has 0 bridgehead atoms. The monoisotopic (exact) mass is 328 g/mol. The molecule has 0 saturated heterocycles. The lowest BCUT2D eigenvalue weighted by Gasteiger charge is -2.31. The molecular formula is C18H20N2O4. The summed E-state index contributed by atoms with van der Waals surface area (Å²) in [5.74, 6) is 1.52. The van der Waals surface area contributed by atoms with Crippen molar-refractivity contribution in [2.75, 3.05) is 6.61 Å². The van der Waals surface area contributed by atoms with E-state index in [0.717, 1.165) is 5.56 Å². The van der Waals surface area contributed by atoms with Crippen LogP contribution in [0.3, 0.4) is 0 Å². The number of pyridine rings is 1. The molecule has 1 aliphatic rings. The normalized spacial score (nSPS) is 18.8. The van der Waals surface area contributed by atoms with E-state index >= 15 is 0 Å². The lowest BCUT2D eigenvalue weighted by Crippen LogP contribution is -2.48. The van der Waals surface area contributed by atoms with Gasteiger partial charge in [-0.2, -0.15) is 0 Å². The second-order valence-electron chi connectivity index (χ2n) is 5.43. The predicted octanol–water partition coefficient (Wildman–Crippen LogP) is 2.33. The minimum absolute atomic E-state index is 0.233. The number of ether oxygens (including phenoxy) is 3. The minimum atomic E-state index is -0.702. The van der Waals surface area contributed by atoms with Gasteiger partial charge in [-0.3, -0.25) is 4.79 Å². The lowest BCUT2D eigenvalue weighted by molar-refractivity contribution is -0.133. The molecule has 6 nitrogen and oxygen atoms in total. The van der Waals surface area contributed by atoms with Crippen LogP contribution in [0, 0.1) is 0 Å². The molecule has 0 aliphatic carbocycles. The summed E-state index contributed by atoms with van der Waals surface area (Å²) in [6.45, 7) is 4.54. The van der Waals surface area contributed by atoms with Gasteiger partial charge < -0.3 is 19.5 Å². The summed E-state index contributed by atoms with van der Waals surface area (Å²) in [6, 6.07) is 11.0. The maximum Gasteiger partial charge on any atom is 0.265 e. The lowest BCUT2D eigenvalue weighted by atomic mass is 10.1. The van der Waals surface area contributed by atoms with Gasteiger partial charge in [0.25, 0.3) is 5.91 Å². The zero-order chi connectivity index (χ0) is 16.9. The quantitative estimate of drug-likeness (QED) is 0.912. The molecule has 0 unspecified atom stereocenters. The van der Waals surface area contributed by atoms with Crippen LogP contribution < -0.4 is 19.5 Å². The molecule has 0 spiro atoms. The molecule has 0 fully saturated rings. The standard InChI is InChI=1S/C18H20N2O4/c1-3-22-18-13(7-6-10-19-18)11-20-17(21)16-12(2)23-14-8-4-5-9-15(14)24-16/h4-10,12,16H,3,11H2,1-2H3,(H,20,21)/t12-,16-/m0/s1. The highest BCUT2D eigenvalue weighted by Crippen LogP contribution is 2.33. The Morgan fingerprint density at radius 1 is 1.21 bits per heavy atom. The molecule has 1 aromatic heterocycles. The largest absolute Gasteiger partial charge is 0.482 e. The first-order valence-corrected chi connectivity index (χ1v) is 7.95. The van der Waals surface area contributed by atoms with E-state index in [0.29, 0.717) is 30.5 Å². The van der Waals surface area contributed by atoms with Crippen LogP contribution in [0.5, 0.6) is 17.4 Å². The fourth-order valence-corrected chi connectivity index (χ4v) is 2.51. The third-order valence-corrected chi connectivity index (χ3v) is 3.68. The second kappa shape index (κ2) is 7.21. The zero-order valence-corrected chi connectivity index (χ0v) is 13.7. The van der Waals surface area contributed by atoms with Gasteiger partial charge in [-0.05, 0) is 32.0 Å². The van der Waals surface area contributed by atoms with E-state index in [1.54, 1.807) is 12.3 Å². The summed E-state index contributed by atoms with van der Waals surface area (Å²) >= 11 is 0. The summed E-state index contributed by atoms with van der Waals surface area (Å²) in [5, 5.41) is 2.86. The van der Waals surface area contributed by atoms with E-state index in [1.165, 1.54) is 0 Å². The van der Waals surface area contributed by atoms with Crippen molar-refractivity contribution >= 4 is 5.91 Å². The Kier molecular flexibility index (Phi) is 4.84. The molecule has 2 atom stereocenters. The molecule has 24 heavy (non-hydrogen) atoms. The van der Waals surface area contributed by atoms with Gasteiger partial charge in [-0.15, -0.1) is 0 Å². The van der Waals surface area contributed by atoms with Crippen LogP contribution in [-0.4, -0.2) is 29.7 Å². The predicted molar refractivity (Wildman–Crippen MR) is 88.2 cm³/mol. The van der Waals surface area contributed by atoms with Gasteiger partial charge in [0.15, 0.2) is 11.5 Å². The van der Waals surface area contributed by atoms with Crippen molar-refractivity contribution in [1.29, 1.82) is 0 Å². The Labute approximate surface area is 140 Å². The highest BCUT2D eigenvalue weighted by Gasteiger charge is 2.33. The Bertz CT molecular complexity index is 720. The first-order chi connectivity index (χ1) is 11.7. The highest BCUT2D eigenvalue weighted by molar-refractivity contribution is 5.82. The van der Waals surface area contributed by atoms with Gasteiger partial charge in [0.1, 0.15) is 6.10 Å². The van der Waals surface area contributed by atoms with Crippen LogP contribution in [0.1, 0.15) is 19.4 Å². The number of amides is 1. The topological polar surface area (TPSA) is 69.7 Å². The van der Waals surface area contributed by atoms with E-state index in [-0.39, 0.29) is 12.0 Å². The Balaban J connectivity index is 1.66. The molecule has 1 aromatic carbocycles. The molecule has 1 aliphatic heterocycles. The number of para-hydroxylation sites is 2. The van der Waals surface area contributed by atoms with Crippen molar-refractivity contribution in [3.8, 4) is 17.4 Å². The van der Waals surface area contributed by atoms with Crippen molar-refractivity contribution in [3.63, 3.8) is 0 Å². The molecule has 0 saturated carbocycles. The van der Waals surface area contributed by atoms with Crippen molar-refractivity contribution in [3.05, 3.63) is 48.2 Å².